The van der Waals surface area contributed by atoms with Gasteiger partial charge in [0, 0.05) is 93.2 Å². The zero-order valence-electron chi connectivity index (χ0n) is 80.3. The van der Waals surface area contributed by atoms with E-state index in [1.807, 2.05) is 98.7 Å². The van der Waals surface area contributed by atoms with E-state index in [1.54, 1.807) is 19.2 Å². The highest BCUT2D eigenvalue weighted by molar-refractivity contribution is 8.04. The summed E-state index contributed by atoms with van der Waals surface area (Å²) in [5.41, 5.74) is 18.2. The fourth-order valence-electron chi connectivity index (χ4n) is 17.1. The normalized spacial score (nSPS) is 17.5. The van der Waals surface area contributed by atoms with Crippen LogP contribution in [0.25, 0.3) is 44.7 Å². The average molecular weight is 1830 g/mol. The first-order chi connectivity index (χ1) is 65.0. The maximum atomic E-state index is 12.2. The van der Waals surface area contributed by atoms with Crippen molar-refractivity contribution in [3.8, 4) is 5.75 Å². The van der Waals surface area contributed by atoms with Crippen molar-refractivity contribution in [1.82, 2.24) is 4.90 Å². The molecule has 0 fully saturated rings. The molecule has 6 aliphatic rings. The van der Waals surface area contributed by atoms with E-state index in [2.05, 4.69) is 410 Å². The number of aryl methyl sites for hydroxylation is 2. The van der Waals surface area contributed by atoms with Gasteiger partial charge in [-0.15, -0.1) is 0 Å². The highest BCUT2D eigenvalue weighted by Crippen LogP contribution is 2.51. The molecule has 7 nitrogen and oxygen atoms in total. The molecule has 2 aromatic heterocycles. The van der Waals surface area contributed by atoms with E-state index in [0.29, 0.717) is 17.3 Å². The van der Waals surface area contributed by atoms with Gasteiger partial charge in [0.2, 0.25) is 16.7 Å². The minimum absolute atomic E-state index is 0.180. The summed E-state index contributed by atoms with van der Waals surface area (Å²) in [5, 5.41) is 8.81. The summed E-state index contributed by atoms with van der Waals surface area (Å²) in [7, 11) is 10.0. The molecule has 4 aliphatic heterocycles. The van der Waals surface area contributed by atoms with E-state index in [-0.39, 0.29) is 11.2 Å². The van der Waals surface area contributed by atoms with Crippen molar-refractivity contribution in [2.75, 3.05) is 48.0 Å². The number of anilines is 3. The summed E-state index contributed by atoms with van der Waals surface area (Å²) in [6.45, 7) is 29.5. The van der Waals surface area contributed by atoms with Gasteiger partial charge in [0.05, 0.1) is 51.0 Å². The minimum atomic E-state index is -0.180. The molecule has 0 bridgehead atoms. The molecular weight excluding hydrogens is 1700 g/mol. The summed E-state index contributed by atoms with van der Waals surface area (Å²) < 4.78 is 21.8. The van der Waals surface area contributed by atoms with E-state index >= 15 is 0 Å². The largest absolute Gasteiger partial charge is 0.497 e. The van der Waals surface area contributed by atoms with Gasteiger partial charge in [-0.3, -0.25) is 0 Å². The topological polar surface area (TPSA) is 29.9 Å². The number of rotatable bonds is 27. The Morgan fingerprint density at radius 3 is 1.99 bits per heavy atom. The molecule has 3 atom stereocenters. The van der Waals surface area contributed by atoms with Gasteiger partial charge >= 0.3 is 0 Å². The van der Waals surface area contributed by atoms with Crippen LogP contribution in [-0.4, -0.2) is 71.4 Å². The Kier molecular flexibility index (Phi) is 39.8. The van der Waals surface area contributed by atoms with Gasteiger partial charge in [-0.05, 0) is 196 Å². The van der Waals surface area contributed by atoms with Gasteiger partial charge < -0.3 is 24.3 Å². The maximum absolute atomic E-state index is 12.2. The number of pyridine rings is 2. The number of allylic oxidation sites excluding steroid dienone is 19. The molecule has 133 heavy (non-hydrogen) atoms. The number of benzene rings is 9. The average Bonchev–Trinajstić information content (AvgIpc) is 1.61. The molecular formula is C118H132B3ClFN6OS3+2. The molecule has 11 aromatic rings. The summed E-state index contributed by atoms with van der Waals surface area (Å²) in [5.74, 6) is 1.23. The molecule has 0 saturated heterocycles. The number of hydrogen-bond acceptors (Lipinski definition) is 8. The van der Waals surface area contributed by atoms with Crippen LogP contribution in [0.5, 0.6) is 5.75 Å². The number of nitrogens with zero attached hydrogens (tertiary/aromatic N) is 6. The first-order valence-electron chi connectivity index (χ1n) is 47.7. The standard InChI is InChI=1S/C33H40N2S2.C31H30ClN2S.C29H31N2.C11H16BO.C7H7BF.C7H8B/c1-5-7-12-20-35-28-16-9-11-18-30(28)37-32(35)22-26-21-25(23-33(3,4)24-26)14-13-19-31-34(6-2)27-15-8-10-17-29(27)36-31;1-4-5-19-34-29-15-13-23-8-6-7-9-26(23)31(29)35-30(34)17-11-22(2)10-12-24-18-20-33(3)28-16-14-25(32)21-27(24)28;1-3-30-26(22-20-24-14-10-12-18-28(24)30)16-8-6-5-7-9-17-27-23-21-25-15-11-13-19-29(25)31(27)4-2;1-3-4-9-12-10-5-7-11(13-2)8-6-10;1-8-6-2-4-7(9)5-3-6;1-8-7-5-3-2-4-6-7/h8-11,13-19,21-22,32H,5-7,12,20,23-24H2,1-4H3;6-18,20-21H,4-5,19H2,1-3H3;5-24,28H,3-4H2,1-2H3;5-8H,3-4,9H2,1-2H3;2-5H,1H3;2-6H,1H3/q;2*+1;;;/b14-13+,26-22?,31-19+;;;;;. The van der Waals surface area contributed by atoms with Gasteiger partial charge in [-0.1, -0.05) is 374 Å². The van der Waals surface area contributed by atoms with Crippen LogP contribution >= 0.6 is 46.9 Å². The molecule has 17 rings (SSSR count). The fraction of sp³-hybridized carbons (Fsp3) is 0.271. The molecule has 6 heterocycles. The molecule has 2 aliphatic carbocycles. The lowest BCUT2D eigenvalue weighted by Gasteiger charge is -2.39. The third-order valence-corrected chi connectivity index (χ3v) is 27.9. The fourth-order valence-corrected chi connectivity index (χ4v) is 21.0. The lowest BCUT2D eigenvalue weighted by Crippen LogP contribution is -2.40. The molecule has 9 aromatic carbocycles. The number of aromatic nitrogens is 2. The Morgan fingerprint density at radius 2 is 1.25 bits per heavy atom. The van der Waals surface area contributed by atoms with Crippen LogP contribution < -0.4 is 45.0 Å². The summed E-state index contributed by atoms with van der Waals surface area (Å²) in [6.07, 6.45) is 63.3. The van der Waals surface area contributed by atoms with E-state index < -0.39 is 0 Å². The molecule has 0 amide bonds. The highest BCUT2D eigenvalue weighted by atomic mass is 35.5. The van der Waals surface area contributed by atoms with Crippen LogP contribution in [0.3, 0.4) is 0 Å². The number of hydrogen-bond donors (Lipinski definition) is 0. The molecule has 0 saturated carbocycles. The second-order valence-corrected chi connectivity index (χ2v) is 38.2. The Balaban J connectivity index is 0.000000155. The lowest BCUT2D eigenvalue weighted by atomic mass is 9.66. The van der Waals surface area contributed by atoms with Crippen molar-refractivity contribution in [2.45, 2.75) is 173 Å². The Bertz CT molecular complexity index is 6120. The highest BCUT2D eigenvalue weighted by Gasteiger charge is 2.33. The van der Waals surface area contributed by atoms with Crippen LogP contribution in [-0.2, 0) is 13.6 Å². The van der Waals surface area contributed by atoms with E-state index in [0.717, 1.165) is 67.2 Å². The molecule has 15 heteroatoms. The number of ether oxygens (including phenoxy) is 1. The molecule has 0 spiro atoms. The van der Waals surface area contributed by atoms with Crippen molar-refractivity contribution in [3.63, 3.8) is 0 Å². The SMILES string of the molecule is CCCCCN1c2ccccc2SC1C=C1C=C(/C=C/C=C2/Sc3ccccc3N2CC)CC(C)(C)C1.CCCCN1/C(=C/C=C(C)/C=C/c2cc[n+](C)c3ccc(Cl)cc23)Sc2c1ccc1ccccc21.CCCC[B]c1ccc(OC)cc1.CCN1/C(=C/C=C/C=C/C=C/c2ccc3ccccc3[n+]2CC)C=CC2C=CC=CC21.C[B]c1ccc(F)cc1.C[B]c1ccccc1. The van der Waals surface area contributed by atoms with Crippen LogP contribution in [0, 0.1) is 17.2 Å². The first kappa shape index (κ1) is 101. The summed E-state index contributed by atoms with van der Waals surface area (Å²) in [4.78, 5) is 14.1. The number of fused-ring (bicyclic) bond motifs is 8. The van der Waals surface area contributed by atoms with Crippen molar-refractivity contribution < 1.29 is 18.3 Å². The Hall–Kier alpha value is -11.1. The summed E-state index contributed by atoms with van der Waals surface area (Å²) >= 11 is 12.1. The quantitative estimate of drug-likeness (QED) is 0.0218. The molecule has 3 unspecified atom stereocenters. The van der Waals surface area contributed by atoms with Crippen molar-refractivity contribution in [3.05, 3.63) is 407 Å². The van der Waals surface area contributed by atoms with Gasteiger partial charge in [-0.2, -0.15) is 4.57 Å². The van der Waals surface area contributed by atoms with Gasteiger partial charge in [0.25, 0.3) is 0 Å². The lowest BCUT2D eigenvalue weighted by molar-refractivity contribution is -0.669. The summed E-state index contributed by atoms with van der Waals surface area (Å²) in [6, 6.07) is 77.3. The van der Waals surface area contributed by atoms with Crippen LogP contribution in [0.1, 0.15) is 131 Å². The number of thioether (sulfide) groups is 3. The third-order valence-electron chi connectivity index (χ3n) is 24.2. The monoisotopic (exact) mass is 1830 g/mol. The van der Waals surface area contributed by atoms with Crippen molar-refractivity contribution in [1.29, 1.82) is 0 Å². The predicted octanol–water partition coefficient (Wildman–Crippen LogP) is 29.2. The third kappa shape index (κ3) is 29.0. The van der Waals surface area contributed by atoms with Crippen molar-refractivity contribution in [2.24, 2.45) is 18.4 Å². The predicted molar refractivity (Wildman–Crippen MR) is 583 cm³/mol. The number of likely N-dealkylation sites (N-methyl/N-ethyl adjacent to an activating group) is 1. The van der Waals surface area contributed by atoms with Gasteiger partial charge in [-0.25, -0.2) is 8.96 Å². The number of para-hydroxylation sites is 3. The van der Waals surface area contributed by atoms with E-state index in [1.165, 1.54) is 177 Å². The van der Waals surface area contributed by atoms with Gasteiger partial charge in [0.1, 0.15) is 39.7 Å². The number of unbranched alkanes of at least 4 members (excludes halogenated alkanes) is 4. The van der Waals surface area contributed by atoms with Crippen LogP contribution in [0.15, 0.2) is 399 Å². The Labute approximate surface area is 815 Å². The Morgan fingerprint density at radius 1 is 0.564 bits per heavy atom. The maximum Gasteiger partial charge on any atom is 0.212 e. The molecule has 3 radical (unpaired) electrons. The van der Waals surface area contributed by atoms with E-state index in [9.17, 15) is 4.39 Å². The minimum Gasteiger partial charge on any atom is -0.497 e. The number of methoxy groups -OCH3 is 1. The van der Waals surface area contributed by atoms with Gasteiger partial charge in [0.15, 0.2) is 13.5 Å². The molecule has 679 valence electrons. The second kappa shape index (κ2) is 52.5. The zero-order valence-corrected chi connectivity index (χ0v) is 83.5. The smallest absolute Gasteiger partial charge is 0.212 e. The number of halogens is 2. The second-order valence-electron chi connectivity index (χ2n) is 34.5. The van der Waals surface area contributed by atoms with Crippen LogP contribution in [0.4, 0.5) is 21.5 Å². The van der Waals surface area contributed by atoms with E-state index in [4.69, 9.17) is 16.3 Å². The van der Waals surface area contributed by atoms with Crippen LogP contribution in [0.2, 0.25) is 25.0 Å². The zero-order chi connectivity index (χ0) is 93.7. The van der Waals surface area contributed by atoms with Crippen molar-refractivity contribution >= 4 is 147 Å². The molecule has 0 N–H and O–H groups in total. The first-order valence-corrected chi connectivity index (χ1v) is 50.6.